The Balaban J connectivity index is 1.92. The lowest BCUT2D eigenvalue weighted by Crippen LogP contribution is -2.47. The van der Waals surface area contributed by atoms with Crippen LogP contribution < -0.4 is 0 Å². The lowest BCUT2D eigenvalue weighted by molar-refractivity contribution is -0.147. The molecule has 1 heterocycles. The van der Waals surface area contributed by atoms with E-state index in [0.717, 1.165) is 11.1 Å². The maximum Gasteiger partial charge on any atom is 0.355 e. The summed E-state index contributed by atoms with van der Waals surface area (Å²) in [5.41, 5.74) is 1.69. The predicted octanol–water partition coefficient (Wildman–Crippen LogP) is 4.22. The predicted molar refractivity (Wildman–Crippen MR) is 113 cm³/mol. The standard InChI is InChI=1S/C24H28N2O3/c1-17-20(15-18-11-7-5-8-12-18)22(27)26(16-19-13-9-6-10-14-19)25-21(17)23(28)29-24(2,3)4/h5-14,17,20H,15-16H2,1-4H3/t17-,20-/m0/s1. The Morgan fingerprint density at radius 1 is 1.00 bits per heavy atom. The van der Waals surface area contributed by atoms with Gasteiger partial charge in [0.1, 0.15) is 11.3 Å². The number of carbonyl (C=O) groups excluding carboxylic acids is 2. The normalized spacial score (nSPS) is 19.7. The van der Waals surface area contributed by atoms with Crippen LogP contribution in [0.3, 0.4) is 0 Å². The molecule has 3 rings (SSSR count). The Hall–Kier alpha value is -2.95. The second-order valence-electron chi connectivity index (χ2n) is 8.45. The second kappa shape index (κ2) is 8.60. The smallest absolute Gasteiger partial charge is 0.355 e. The van der Waals surface area contributed by atoms with Crippen LogP contribution in [0.1, 0.15) is 38.8 Å². The van der Waals surface area contributed by atoms with E-state index in [1.165, 1.54) is 5.01 Å². The second-order valence-corrected chi connectivity index (χ2v) is 8.45. The minimum atomic E-state index is -0.625. The monoisotopic (exact) mass is 392 g/mol. The molecular weight excluding hydrogens is 364 g/mol. The molecule has 0 saturated heterocycles. The molecule has 0 unspecified atom stereocenters. The molecule has 0 aromatic heterocycles. The Morgan fingerprint density at radius 2 is 1.55 bits per heavy atom. The molecule has 5 nitrogen and oxygen atoms in total. The molecule has 2 aromatic rings. The summed E-state index contributed by atoms with van der Waals surface area (Å²) in [6.45, 7) is 7.69. The molecule has 152 valence electrons. The first-order valence-electron chi connectivity index (χ1n) is 9.95. The van der Waals surface area contributed by atoms with Gasteiger partial charge in [-0.05, 0) is 38.3 Å². The van der Waals surface area contributed by atoms with Crippen LogP contribution in [0, 0.1) is 11.8 Å². The quantitative estimate of drug-likeness (QED) is 0.716. The van der Waals surface area contributed by atoms with E-state index in [0.29, 0.717) is 18.7 Å². The van der Waals surface area contributed by atoms with E-state index in [1.807, 2.05) is 88.4 Å². The molecule has 0 N–H and O–H groups in total. The number of hydrogen-bond donors (Lipinski definition) is 0. The highest BCUT2D eigenvalue weighted by atomic mass is 16.6. The molecule has 1 amide bonds. The third-order valence-electron chi connectivity index (χ3n) is 4.92. The number of rotatable bonds is 5. The topological polar surface area (TPSA) is 59.0 Å². The number of hydrogen-bond acceptors (Lipinski definition) is 4. The van der Waals surface area contributed by atoms with Crippen LogP contribution in [0.4, 0.5) is 0 Å². The molecule has 5 heteroatoms. The molecule has 0 aliphatic carbocycles. The van der Waals surface area contributed by atoms with Gasteiger partial charge < -0.3 is 4.74 Å². The SMILES string of the molecule is C[C@@H]1C(C(=O)OC(C)(C)C)=NN(Cc2ccccc2)C(=O)[C@H]1Cc1ccccc1. The largest absolute Gasteiger partial charge is 0.455 e. The van der Waals surface area contributed by atoms with Crippen molar-refractivity contribution in [1.29, 1.82) is 0 Å². The van der Waals surface area contributed by atoms with Gasteiger partial charge in [-0.2, -0.15) is 5.10 Å². The number of amides is 1. The van der Waals surface area contributed by atoms with Crippen LogP contribution in [0.2, 0.25) is 0 Å². The summed E-state index contributed by atoms with van der Waals surface area (Å²) in [6, 6.07) is 19.5. The van der Waals surface area contributed by atoms with Gasteiger partial charge in [0.2, 0.25) is 5.91 Å². The van der Waals surface area contributed by atoms with Crippen LogP contribution in [-0.4, -0.2) is 28.2 Å². The Morgan fingerprint density at radius 3 is 2.10 bits per heavy atom. The lowest BCUT2D eigenvalue weighted by atomic mass is 9.82. The summed E-state index contributed by atoms with van der Waals surface area (Å²) in [5.74, 6) is -1.24. The Labute approximate surface area is 172 Å². The molecule has 0 spiro atoms. The minimum Gasteiger partial charge on any atom is -0.455 e. The highest BCUT2D eigenvalue weighted by Crippen LogP contribution is 2.28. The summed E-state index contributed by atoms with van der Waals surface area (Å²) < 4.78 is 5.57. The van der Waals surface area contributed by atoms with E-state index in [-0.39, 0.29) is 17.7 Å². The summed E-state index contributed by atoms with van der Waals surface area (Å²) in [5, 5.41) is 5.86. The van der Waals surface area contributed by atoms with Crippen molar-refractivity contribution in [3.8, 4) is 0 Å². The molecule has 0 fully saturated rings. The first kappa shape index (κ1) is 20.8. The van der Waals surface area contributed by atoms with Crippen molar-refractivity contribution < 1.29 is 14.3 Å². The van der Waals surface area contributed by atoms with Gasteiger partial charge in [-0.25, -0.2) is 9.80 Å². The van der Waals surface area contributed by atoms with Crippen LogP contribution in [0.15, 0.2) is 65.8 Å². The zero-order valence-electron chi connectivity index (χ0n) is 17.5. The summed E-state index contributed by atoms with van der Waals surface area (Å²) in [6.07, 6.45) is 0.550. The van der Waals surface area contributed by atoms with Crippen LogP contribution in [0.5, 0.6) is 0 Å². The lowest BCUT2D eigenvalue weighted by Gasteiger charge is -2.34. The van der Waals surface area contributed by atoms with Crippen molar-refractivity contribution in [2.75, 3.05) is 0 Å². The first-order valence-corrected chi connectivity index (χ1v) is 9.95. The maximum absolute atomic E-state index is 13.3. The first-order chi connectivity index (χ1) is 13.7. The van der Waals surface area contributed by atoms with E-state index < -0.39 is 11.6 Å². The highest BCUT2D eigenvalue weighted by molar-refractivity contribution is 6.38. The van der Waals surface area contributed by atoms with Crippen LogP contribution in [0.25, 0.3) is 0 Å². The third kappa shape index (κ3) is 5.31. The van der Waals surface area contributed by atoms with Gasteiger partial charge in [-0.3, -0.25) is 4.79 Å². The minimum absolute atomic E-state index is 0.0717. The zero-order valence-corrected chi connectivity index (χ0v) is 17.5. The number of benzene rings is 2. The average Bonchev–Trinajstić information content (AvgIpc) is 2.67. The number of carbonyl (C=O) groups is 2. The fourth-order valence-electron chi connectivity index (χ4n) is 3.43. The number of ether oxygens (including phenoxy) is 1. The number of esters is 1. The van der Waals surface area contributed by atoms with Gasteiger partial charge >= 0.3 is 5.97 Å². The zero-order chi connectivity index (χ0) is 21.0. The van der Waals surface area contributed by atoms with Crippen LogP contribution in [-0.2, 0) is 27.3 Å². The molecule has 0 saturated carbocycles. The van der Waals surface area contributed by atoms with Gasteiger partial charge in [0, 0.05) is 5.92 Å². The van der Waals surface area contributed by atoms with Crippen LogP contribution >= 0.6 is 0 Å². The van der Waals surface area contributed by atoms with Crippen molar-refractivity contribution in [1.82, 2.24) is 5.01 Å². The molecule has 1 aliphatic rings. The van der Waals surface area contributed by atoms with Crippen molar-refractivity contribution in [3.63, 3.8) is 0 Å². The highest BCUT2D eigenvalue weighted by Gasteiger charge is 2.41. The number of hydrazone groups is 1. The summed E-state index contributed by atoms with van der Waals surface area (Å²) >= 11 is 0. The van der Waals surface area contributed by atoms with E-state index in [2.05, 4.69) is 5.10 Å². The number of nitrogens with zero attached hydrogens (tertiary/aromatic N) is 2. The van der Waals surface area contributed by atoms with Gasteiger partial charge in [-0.1, -0.05) is 67.6 Å². The molecular formula is C24H28N2O3. The fraction of sp³-hybridized carbons (Fsp3) is 0.375. The Bertz CT molecular complexity index is 885. The summed E-state index contributed by atoms with van der Waals surface area (Å²) in [7, 11) is 0. The maximum atomic E-state index is 13.3. The molecule has 2 atom stereocenters. The van der Waals surface area contributed by atoms with Gasteiger partial charge in [0.15, 0.2) is 0 Å². The van der Waals surface area contributed by atoms with E-state index in [9.17, 15) is 9.59 Å². The fourth-order valence-corrected chi connectivity index (χ4v) is 3.43. The molecule has 29 heavy (non-hydrogen) atoms. The van der Waals surface area contributed by atoms with E-state index in [1.54, 1.807) is 0 Å². The third-order valence-corrected chi connectivity index (χ3v) is 4.92. The van der Waals surface area contributed by atoms with E-state index >= 15 is 0 Å². The Kier molecular flexibility index (Phi) is 6.16. The van der Waals surface area contributed by atoms with Crippen molar-refractivity contribution in [2.45, 2.75) is 46.3 Å². The van der Waals surface area contributed by atoms with E-state index in [4.69, 9.17) is 4.74 Å². The molecule has 0 bridgehead atoms. The average molecular weight is 392 g/mol. The molecule has 2 aromatic carbocycles. The molecule has 1 aliphatic heterocycles. The van der Waals surface area contributed by atoms with Gasteiger partial charge in [0.05, 0.1) is 12.5 Å². The molecule has 0 radical (unpaired) electrons. The summed E-state index contributed by atoms with van der Waals surface area (Å²) in [4.78, 5) is 26.1. The van der Waals surface area contributed by atoms with Gasteiger partial charge in [0.25, 0.3) is 0 Å². The van der Waals surface area contributed by atoms with Crippen molar-refractivity contribution >= 4 is 17.6 Å². The van der Waals surface area contributed by atoms with Crippen molar-refractivity contribution in [2.24, 2.45) is 16.9 Å². The van der Waals surface area contributed by atoms with Crippen molar-refractivity contribution in [3.05, 3.63) is 71.8 Å². The van der Waals surface area contributed by atoms with Gasteiger partial charge in [-0.15, -0.1) is 0 Å².